The first-order valence-corrected chi connectivity index (χ1v) is 4.22. The highest BCUT2D eigenvalue weighted by molar-refractivity contribution is 5.34. The topological polar surface area (TPSA) is 23.8 Å². The van der Waals surface area contributed by atoms with Gasteiger partial charge in [0.15, 0.2) is 0 Å². The summed E-state index contributed by atoms with van der Waals surface area (Å²) in [5.74, 6) is -0.341. The monoisotopic (exact) mass is 177 g/mol. The molecule has 0 aromatic heterocycles. The molecule has 1 nitrogen and oxygen atoms in total. The van der Waals surface area contributed by atoms with E-state index in [1.807, 2.05) is 6.92 Å². The molecule has 0 saturated carbocycles. The minimum atomic E-state index is -0.172. The molecular weight excluding hydrogens is 165 g/mol. The van der Waals surface area contributed by atoms with Crippen LogP contribution < -0.4 is 0 Å². The molecule has 0 amide bonds. The van der Waals surface area contributed by atoms with Crippen LogP contribution in [0.5, 0.6) is 0 Å². The average Bonchev–Trinajstić information content (AvgIpc) is 2.12. The summed E-state index contributed by atoms with van der Waals surface area (Å²) >= 11 is 0. The van der Waals surface area contributed by atoms with E-state index in [1.54, 1.807) is 26.0 Å². The van der Waals surface area contributed by atoms with Gasteiger partial charge in [0, 0.05) is 0 Å². The number of halogens is 1. The van der Waals surface area contributed by atoms with Crippen molar-refractivity contribution >= 4 is 0 Å². The Morgan fingerprint density at radius 2 is 1.77 bits per heavy atom. The molecule has 68 valence electrons. The van der Waals surface area contributed by atoms with Gasteiger partial charge in [-0.2, -0.15) is 5.26 Å². The zero-order valence-electron chi connectivity index (χ0n) is 8.06. The predicted octanol–water partition coefficient (Wildman–Crippen LogP) is 3.07. The number of nitrogens with zero attached hydrogens (tertiary/aromatic N) is 1. The highest BCUT2D eigenvalue weighted by Gasteiger charge is 2.08. The Bertz CT molecular complexity index is 340. The van der Waals surface area contributed by atoms with Crippen LogP contribution in [0.1, 0.15) is 29.5 Å². The van der Waals surface area contributed by atoms with Crippen LogP contribution in [0, 0.1) is 31.0 Å². The van der Waals surface area contributed by atoms with Gasteiger partial charge >= 0.3 is 0 Å². The number of hydrogen-bond donors (Lipinski definition) is 0. The standard InChI is InChI=1S/C11H12FN/c1-7-4-10(9(3)6-13)5-8(2)11(7)12/h4-5,9H,1-3H3. The quantitative estimate of drug-likeness (QED) is 0.646. The van der Waals surface area contributed by atoms with Crippen molar-refractivity contribution in [3.63, 3.8) is 0 Å². The van der Waals surface area contributed by atoms with Gasteiger partial charge in [0.2, 0.25) is 0 Å². The molecule has 1 aromatic rings. The van der Waals surface area contributed by atoms with Crippen molar-refractivity contribution in [3.8, 4) is 6.07 Å². The van der Waals surface area contributed by atoms with E-state index in [2.05, 4.69) is 6.07 Å². The van der Waals surface area contributed by atoms with Crippen LogP contribution in [0.25, 0.3) is 0 Å². The minimum Gasteiger partial charge on any atom is -0.206 e. The molecule has 1 rings (SSSR count). The molecule has 0 spiro atoms. The van der Waals surface area contributed by atoms with E-state index in [9.17, 15) is 4.39 Å². The summed E-state index contributed by atoms with van der Waals surface area (Å²) in [6.45, 7) is 5.25. The number of nitriles is 1. The molecule has 0 radical (unpaired) electrons. The molecule has 0 saturated heterocycles. The molecule has 0 fully saturated rings. The van der Waals surface area contributed by atoms with Crippen LogP contribution in [0.15, 0.2) is 12.1 Å². The Balaban J connectivity index is 3.22. The highest BCUT2D eigenvalue weighted by atomic mass is 19.1. The van der Waals surface area contributed by atoms with E-state index < -0.39 is 0 Å². The maximum Gasteiger partial charge on any atom is 0.129 e. The van der Waals surface area contributed by atoms with Gasteiger partial charge in [-0.3, -0.25) is 0 Å². The number of benzene rings is 1. The number of rotatable bonds is 1. The number of aryl methyl sites for hydroxylation is 2. The first-order valence-electron chi connectivity index (χ1n) is 4.22. The molecule has 0 bridgehead atoms. The second kappa shape index (κ2) is 3.57. The van der Waals surface area contributed by atoms with Gasteiger partial charge in [0.25, 0.3) is 0 Å². The van der Waals surface area contributed by atoms with Crippen LogP contribution in [0.2, 0.25) is 0 Å². The zero-order chi connectivity index (χ0) is 10.0. The average molecular weight is 177 g/mol. The Morgan fingerprint density at radius 1 is 1.31 bits per heavy atom. The fourth-order valence-corrected chi connectivity index (χ4v) is 1.30. The summed E-state index contributed by atoms with van der Waals surface area (Å²) in [6, 6.07) is 5.60. The lowest BCUT2D eigenvalue weighted by atomic mass is 9.98. The zero-order valence-corrected chi connectivity index (χ0v) is 8.06. The van der Waals surface area contributed by atoms with Gasteiger partial charge < -0.3 is 0 Å². The summed E-state index contributed by atoms with van der Waals surface area (Å²) in [4.78, 5) is 0. The fourth-order valence-electron chi connectivity index (χ4n) is 1.30. The van der Waals surface area contributed by atoms with Gasteiger partial charge in [-0.15, -0.1) is 0 Å². The molecule has 0 heterocycles. The summed E-state index contributed by atoms with van der Waals surface area (Å²) < 4.78 is 13.2. The fraction of sp³-hybridized carbons (Fsp3) is 0.364. The molecule has 1 aromatic carbocycles. The van der Waals surface area contributed by atoms with Crippen molar-refractivity contribution in [1.29, 1.82) is 5.26 Å². The third-order valence-electron chi connectivity index (χ3n) is 2.15. The highest BCUT2D eigenvalue weighted by Crippen LogP contribution is 2.20. The normalized spacial score (nSPS) is 12.2. The minimum absolute atomic E-state index is 0.169. The first kappa shape index (κ1) is 9.73. The Labute approximate surface area is 77.8 Å². The van der Waals surface area contributed by atoms with Crippen LogP contribution in [0.3, 0.4) is 0 Å². The molecule has 0 aliphatic carbocycles. The predicted molar refractivity (Wildman–Crippen MR) is 49.9 cm³/mol. The Hall–Kier alpha value is -1.36. The van der Waals surface area contributed by atoms with Gasteiger partial charge in [0.05, 0.1) is 12.0 Å². The van der Waals surface area contributed by atoms with Crippen molar-refractivity contribution in [2.75, 3.05) is 0 Å². The Morgan fingerprint density at radius 3 is 2.15 bits per heavy atom. The van der Waals surface area contributed by atoms with E-state index in [0.29, 0.717) is 11.1 Å². The molecule has 1 atom stereocenters. The van der Waals surface area contributed by atoms with Crippen molar-refractivity contribution in [3.05, 3.63) is 34.6 Å². The molecule has 0 aliphatic heterocycles. The van der Waals surface area contributed by atoms with Crippen LogP contribution >= 0.6 is 0 Å². The third-order valence-corrected chi connectivity index (χ3v) is 2.15. The molecule has 0 N–H and O–H groups in total. The van der Waals surface area contributed by atoms with Gasteiger partial charge in [0.1, 0.15) is 5.82 Å². The molecule has 13 heavy (non-hydrogen) atoms. The largest absolute Gasteiger partial charge is 0.206 e. The van der Waals surface area contributed by atoms with E-state index in [4.69, 9.17) is 5.26 Å². The SMILES string of the molecule is Cc1cc(C(C)C#N)cc(C)c1F. The maximum absolute atomic E-state index is 13.2. The second-order valence-electron chi connectivity index (χ2n) is 3.32. The Kier molecular flexibility index (Phi) is 2.67. The second-order valence-corrected chi connectivity index (χ2v) is 3.32. The summed E-state index contributed by atoms with van der Waals surface area (Å²) in [5.41, 5.74) is 2.10. The third kappa shape index (κ3) is 1.86. The van der Waals surface area contributed by atoms with E-state index >= 15 is 0 Å². The van der Waals surface area contributed by atoms with Gasteiger partial charge in [-0.05, 0) is 37.5 Å². The van der Waals surface area contributed by atoms with Gasteiger partial charge in [-0.25, -0.2) is 4.39 Å². The van der Waals surface area contributed by atoms with Crippen molar-refractivity contribution < 1.29 is 4.39 Å². The smallest absolute Gasteiger partial charge is 0.129 e. The van der Waals surface area contributed by atoms with E-state index in [1.165, 1.54) is 0 Å². The van der Waals surface area contributed by atoms with Crippen molar-refractivity contribution in [1.82, 2.24) is 0 Å². The molecule has 2 heteroatoms. The van der Waals surface area contributed by atoms with Crippen molar-refractivity contribution in [2.45, 2.75) is 26.7 Å². The lowest BCUT2D eigenvalue weighted by Crippen LogP contribution is -1.95. The van der Waals surface area contributed by atoms with Crippen LogP contribution in [-0.4, -0.2) is 0 Å². The lowest BCUT2D eigenvalue weighted by Gasteiger charge is -2.07. The molecule has 0 aliphatic rings. The summed E-state index contributed by atoms with van der Waals surface area (Å²) in [6.07, 6.45) is 0. The van der Waals surface area contributed by atoms with Crippen LogP contribution in [0.4, 0.5) is 4.39 Å². The van der Waals surface area contributed by atoms with E-state index in [-0.39, 0.29) is 11.7 Å². The van der Waals surface area contributed by atoms with Gasteiger partial charge in [-0.1, -0.05) is 12.1 Å². The number of hydrogen-bond acceptors (Lipinski definition) is 1. The maximum atomic E-state index is 13.2. The van der Waals surface area contributed by atoms with E-state index in [0.717, 1.165) is 5.56 Å². The van der Waals surface area contributed by atoms with Crippen molar-refractivity contribution in [2.24, 2.45) is 0 Å². The lowest BCUT2D eigenvalue weighted by molar-refractivity contribution is 0.608. The first-order chi connectivity index (χ1) is 6.06. The summed E-state index contributed by atoms with van der Waals surface area (Å²) in [5, 5.41) is 8.70. The van der Waals surface area contributed by atoms with Crippen LogP contribution in [-0.2, 0) is 0 Å². The summed E-state index contributed by atoms with van der Waals surface area (Å²) in [7, 11) is 0. The molecule has 1 unspecified atom stereocenters. The molecular formula is C11H12FN.